The number of carbonyl (C=O) groups is 3. The van der Waals surface area contributed by atoms with Crippen LogP contribution in [-0.2, 0) is 14.3 Å². The van der Waals surface area contributed by atoms with E-state index in [0.29, 0.717) is 25.8 Å². The maximum absolute atomic E-state index is 12.2. The molecule has 3 N–H and O–H groups in total. The second-order valence-electron chi connectivity index (χ2n) is 8.48. The summed E-state index contributed by atoms with van der Waals surface area (Å²) in [6, 6.07) is 15.5. The molecule has 0 saturated heterocycles. The Bertz CT molecular complexity index is 945. The van der Waals surface area contributed by atoms with Gasteiger partial charge in [-0.25, -0.2) is 9.59 Å². The summed E-state index contributed by atoms with van der Waals surface area (Å²) < 4.78 is 5.49. The zero-order valence-corrected chi connectivity index (χ0v) is 19.2. The number of nitrogens with one attached hydrogen (secondary N) is 2. The Morgan fingerprint density at radius 2 is 1.61 bits per heavy atom. The predicted octanol–water partition coefficient (Wildman–Crippen LogP) is 4.31. The molecule has 33 heavy (non-hydrogen) atoms. The maximum atomic E-state index is 12.2. The first kappa shape index (κ1) is 24.3. The third kappa shape index (κ3) is 6.12. The van der Waals surface area contributed by atoms with Gasteiger partial charge in [-0.1, -0.05) is 68.8 Å². The SMILES string of the molecule is CCC(C)C(NC(=O)CCCCNC(=O)OCC1c2ccccc2-c2ccccc21)C(=O)O. The summed E-state index contributed by atoms with van der Waals surface area (Å²) in [7, 11) is 0. The lowest BCUT2D eigenvalue weighted by atomic mass is 9.98. The number of alkyl carbamates (subject to hydrolysis) is 1. The number of amides is 2. The summed E-state index contributed by atoms with van der Waals surface area (Å²) in [6.07, 6.45) is 1.54. The molecule has 1 aliphatic rings. The Hall–Kier alpha value is -3.35. The van der Waals surface area contributed by atoms with Crippen molar-refractivity contribution in [2.75, 3.05) is 13.2 Å². The fourth-order valence-corrected chi connectivity index (χ4v) is 4.18. The highest BCUT2D eigenvalue weighted by Crippen LogP contribution is 2.44. The molecule has 0 spiro atoms. The normalized spacial score (nSPS) is 14.0. The minimum absolute atomic E-state index is 0.0135. The van der Waals surface area contributed by atoms with Crippen LogP contribution in [0.2, 0.25) is 0 Å². The quantitative estimate of drug-likeness (QED) is 0.441. The number of rotatable bonds is 11. The Morgan fingerprint density at radius 3 is 2.18 bits per heavy atom. The van der Waals surface area contributed by atoms with E-state index in [1.54, 1.807) is 6.92 Å². The Balaban J connectivity index is 1.38. The molecule has 2 amide bonds. The van der Waals surface area contributed by atoms with E-state index < -0.39 is 18.1 Å². The summed E-state index contributed by atoms with van der Waals surface area (Å²) in [5.41, 5.74) is 4.68. The zero-order valence-electron chi connectivity index (χ0n) is 19.2. The number of fused-ring (bicyclic) bond motifs is 3. The van der Waals surface area contributed by atoms with Gasteiger partial charge in [-0.05, 0) is 41.0 Å². The van der Waals surface area contributed by atoms with Crippen LogP contribution < -0.4 is 10.6 Å². The van der Waals surface area contributed by atoms with Gasteiger partial charge in [0.25, 0.3) is 0 Å². The molecule has 0 fully saturated rings. The van der Waals surface area contributed by atoms with Crippen LogP contribution in [0.1, 0.15) is 56.6 Å². The minimum atomic E-state index is -1.02. The molecule has 0 aromatic heterocycles. The Labute approximate surface area is 194 Å². The van der Waals surface area contributed by atoms with Crippen molar-refractivity contribution >= 4 is 18.0 Å². The van der Waals surface area contributed by atoms with Gasteiger partial charge in [-0.3, -0.25) is 4.79 Å². The largest absolute Gasteiger partial charge is 0.480 e. The van der Waals surface area contributed by atoms with Gasteiger partial charge in [0.2, 0.25) is 5.91 Å². The smallest absolute Gasteiger partial charge is 0.407 e. The highest BCUT2D eigenvalue weighted by molar-refractivity contribution is 5.83. The molecule has 2 aromatic carbocycles. The average Bonchev–Trinajstić information content (AvgIpc) is 3.14. The van der Waals surface area contributed by atoms with Gasteiger partial charge in [0.05, 0.1) is 0 Å². The lowest BCUT2D eigenvalue weighted by molar-refractivity contribution is -0.143. The molecule has 176 valence electrons. The number of unbranched alkanes of at least 4 members (excludes halogenated alkanes) is 1. The number of carboxylic acid groups (broad SMARTS) is 1. The maximum Gasteiger partial charge on any atom is 0.407 e. The Morgan fingerprint density at radius 1 is 1.00 bits per heavy atom. The minimum Gasteiger partial charge on any atom is -0.480 e. The standard InChI is InChI=1S/C26H32N2O5/c1-3-17(2)24(25(30)31)28-23(29)14-8-9-15-27-26(32)33-16-22-20-12-6-4-10-18(20)19-11-5-7-13-21(19)22/h4-7,10-13,17,22,24H,3,8-9,14-16H2,1-2H3,(H,27,32)(H,28,29)(H,30,31). The van der Waals surface area contributed by atoms with E-state index in [1.807, 2.05) is 31.2 Å². The highest BCUT2D eigenvalue weighted by Gasteiger charge is 2.29. The van der Waals surface area contributed by atoms with Crippen LogP contribution in [0.4, 0.5) is 4.79 Å². The van der Waals surface area contributed by atoms with E-state index >= 15 is 0 Å². The van der Waals surface area contributed by atoms with Crippen LogP contribution in [-0.4, -0.2) is 42.3 Å². The monoisotopic (exact) mass is 452 g/mol. The van der Waals surface area contributed by atoms with Crippen molar-refractivity contribution in [2.24, 2.45) is 5.92 Å². The summed E-state index contributed by atoms with van der Waals surface area (Å²) in [5.74, 6) is -1.43. The molecular weight excluding hydrogens is 420 g/mol. The summed E-state index contributed by atoms with van der Waals surface area (Å²) in [5, 5.41) is 14.6. The van der Waals surface area contributed by atoms with E-state index in [4.69, 9.17) is 4.74 Å². The second kappa shape index (κ2) is 11.5. The van der Waals surface area contributed by atoms with Gasteiger partial charge in [-0.15, -0.1) is 0 Å². The predicted molar refractivity (Wildman–Crippen MR) is 126 cm³/mol. The van der Waals surface area contributed by atoms with Gasteiger partial charge in [0, 0.05) is 18.9 Å². The number of ether oxygens (including phenoxy) is 1. The Kier molecular flexibility index (Phi) is 8.46. The molecule has 0 saturated carbocycles. The van der Waals surface area contributed by atoms with Gasteiger partial charge in [0.1, 0.15) is 12.6 Å². The van der Waals surface area contributed by atoms with Crippen molar-refractivity contribution in [3.05, 3.63) is 59.7 Å². The van der Waals surface area contributed by atoms with Gasteiger partial charge in [0.15, 0.2) is 0 Å². The van der Waals surface area contributed by atoms with Gasteiger partial charge < -0.3 is 20.5 Å². The molecule has 2 unspecified atom stereocenters. The van der Waals surface area contributed by atoms with Crippen molar-refractivity contribution in [1.82, 2.24) is 10.6 Å². The van der Waals surface area contributed by atoms with E-state index in [2.05, 4.69) is 34.9 Å². The van der Waals surface area contributed by atoms with Crippen molar-refractivity contribution in [3.8, 4) is 11.1 Å². The van der Waals surface area contributed by atoms with Crippen molar-refractivity contribution in [1.29, 1.82) is 0 Å². The van der Waals surface area contributed by atoms with Crippen molar-refractivity contribution < 1.29 is 24.2 Å². The molecule has 7 nitrogen and oxygen atoms in total. The van der Waals surface area contributed by atoms with E-state index in [1.165, 1.54) is 11.1 Å². The number of aliphatic carboxylic acids is 1. The lowest BCUT2D eigenvalue weighted by Gasteiger charge is -2.20. The zero-order chi connectivity index (χ0) is 23.8. The fraction of sp³-hybridized carbons (Fsp3) is 0.423. The highest BCUT2D eigenvalue weighted by atomic mass is 16.5. The molecule has 1 aliphatic carbocycles. The third-order valence-electron chi connectivity index (χ3n) is 6.24. The molecule has 3 rings (SSSR count). The molecular formula is C26H32N2O5. The second-order valence-corrected chi connectivity index (χ2v) is 8.48. The molecule has 0 bridgehead atoms. The van der Waals surface area contributed by atoms with Gasteiger partial charge in [-0.2, -0.15) is 0 Å². The summed E-state index contributed by atoms with van der Waals surface area (Å²) >= 11 is 0. The topological polar surface area (TPSA) is 105 Å². The van der Waals surface area contributed by atoms with Crippen LogP contribution in [0.3, 0.4) is 0 Å². The van der Waals surface area contributed by atoms with Crippen molar-refractivity contribution in [2.45, 2.75) is 51.5 Å². The van der Waals surface area contributed by atoms with E-state index in [0.717, 1.165) is 11.1 Å². The molecule has 7 heteroatoms. The van der Waals surface area contributed by atoms with E-state index in [9.17, 15) is 19.5 Å². The van der Waals surface area contributed by atoms with Crippen molar-refractivity contribution in [3.63, 3.8) is 0 Å². The van der Waals surface area contributed by atoms with E-state index in [-0.39, 0.29) is 30.8 Å². The molecule has 2 atom stereocenters. The molecule has 2 aromatic rings. The van der Waals surface area contributed by atoms with Crippen LogP contribution in [0, 0.1) is 5.92 Å². The average molecular weight is 453 g/mol. The van der Waals surface area contributed by atoms with Crippen LogP contribution in [0.25, 0.3) is 11.1 Å². The first-order chi connectivity index (χ1) is 15.9. The number of hydrogen-bond acceptors (Lipinski definition) is 4. The van der Waals surface area contributed by atoms with Crippen LogP contribution in [0.5, 0.6) is 0 Å². The van der Waals surface area contributed by atoms with Crippen LogP contribution >= 0.6 is 0 Å². The molecule has 0 heterocycles. The third-order valence-corrected chi connectivity index (χ3v) is 6.24. The first-order valence-electron chi connectivity index (χ1n) is 11.5. The molecule has 0 aliphatic heterocycles. The first-order valence-corrected chi connectivity index (χ1v) is 11.5. The molecule has 0 radical (unpaired) electrons. The fourth-order valence-electron chi connectivity index (χ4n) is 4.18. The summed E-state index contributed by atoms with van der Waals surface area (Å²) in [6.45, 7) is 4.34. The number of benzene rings is 2. The number of carboxylic acids is 1. The van der Waals surface area contributed by atoms with Gasteiger partial charge >= 0.3 is 12.1 Å². The van der Waals surface area contributed by atoms with Crippen LogP contribution in [0.15, 0.2) is 48.5 Å². The number of carbonyl (C=O) groups excluding carboxylic acids is 2. The lowest BCUT2D eigenvalue weighted by Crippen LogP contribution is -2.44. The summed E-state index contributed by atoms with van der Waals surface area (Å²) in [4.78, 5) is 35.5. The number of hydrogen-bond donors (Lipinski definition) is 3.